The van der Waals surface area contributed by atoms with Gasteiger partial charge in [-0.05, 0) is 22.3 Å². The second-order valence-corrected chi connectivity index (χ2v) is 7.87. The molecule has 3 N–H and O–H groups in total. The number of hydrogen-bond donors (Lipinski definition) is 3. The molecule has 0 radical (unpaired) electrons. The molecular formula is C25H30N2O7. The Morgan fingerprint density at radius 1 is 0.971 bits per heavy atom. The van der Waals surface area contributed by atoms with Gasteiger partial charge in [-0.2, -0.15) is 0 Å². The van der Waals surface area contributed by atoms with Crippen LogP contribution in [0.1, 0.15) is 29.9 Å². The van der Waals surface area contributed by atoms with E-state index in [4.69, 9.17) is 19.3 Å². The van der Waals surface area contributed by atoms with Crippen molar-refractivity contribution >= 4 is 18.0 Å². The normalized spacial score (nSPS) is 13.0. The lowest BCUT2D eigenvalue weighted by Gasteiger charge is -2.15. The molecular weight excluding hydrogens is 440 g/mol. The van der Waals surface area contributed by atoms with Crippen molar-refractivity contribution in [3.8, 4) is 11.1 Å². The molecule has 2 aromatic carbocycles. The largest absolute Gasteiger partial charge is 0.481 e. The lowest BCUT2D eigenvalue weighted by atomic mass is 9.98. The second kappa shape index (κ2) is 12.7. The lowest BCUT2D eigenvalue weighted by molar-refractivity contribution is -0.140. The van der Waals surface area contributed by atoms with Crippen molar-refractivity contribution in [2.45, 2.75) is 24.9 Å². The van der Waals surface area contributed by atoms with E-state index >= 15 is 0 Å². The number of carboxylic acid groups (broad SMARTS) is 1. The standard InChI is InChI=1S/C25H30N2O7/c1-32-17(14-24(29)30)15-27-23(28)10-12-33-13-11-26-25(31)34-16-22-20-8-4-2-6-18(20)19-7-3-5-9-21(19)22/h2-9,17,22H,10-16H2,1H3,(H,26,31)(H,27,28)(H,29,30). The third-order valence-corrected chi connectivity index (χ3v) is 5.60. The molecule has 34 heavy (non-hydrogen) atoms. The Balaban J connectivity index is 1.30. The van der Waals surface area contributed by atoms with Gasteiger partial charge in [-0.25, -0.2) is 4.79 Å². The Morgan fingerprint density at radius 2 is 1.62 bits per heavy atom. The fourth-order valence-electron chi connectivity index (χ4n) is 3.89. The number of carboxylic acids is 1. The summed E-state index contributed by atoms with van der Waals surface area (Å²) < 4.78 is 15.8. The molecule has 1 aliphatic rings. The summed E-state index contributed by atoms with van der Waals surface area (Å²) in [6.07, 6.45) is -1.17. The fraction of sp³-hybridized carbons (Fsp3) is 0.400. The van der Waals surface area contributed by atoms with Crippen molar-refractivity contribution in [1.82, 2.24) is 10.6 Å². The van der Waals surface area contributed by atoms with Gasteiger partial charge in [0, 0.05) is 32.5 Å². The molecule has 0 spiro atoms. The van der Waals surface area contributed by atoms with Crippen LogP contribution in [0.15, 0.2) is 48.5 Å². The first-order valence-electron chi connectivity index (χ1n) is 11.2. The number of nitrogens with one attached hydrogen (secondary N) is 2. The summed E-state index contributed by atoms with van der Waals surface area (Å²) in [5.74, 6) is -1.26. The van der Waals surface area contributed by atoms with Gasteiger partial charge in [0.05, 0.1) is 25.7 Å². The van der Waals surface area contributed by atoms with Crippen LogP contribution in [-0.4, -0.2) is 69.2 Å². The van der Waals surface area contributed by atoms with E-state index in [2.05, 4.69) is 34.9 Å². The zero-order valence-corrected chi connectivity index (χ0v) is 19.1. The van der Waals surface area contributed by atoms with Crippen LogP contribution in [0.2, 0.25) is 0 Å². The topological polar surface area (TPSA) is 123 Å². The van der Waals surface area contributed by atoms with Crippen LogP contribution in [0.3, 0.4) is 0 Å². The highest BCUT2D eigenvalue weighted by Gasteiger charge is 2.28. The average Bonchev–Trinajstić information content (AvgIpc) is 3.16. The highest BCUT2D eigenvalue weighted by Crippen LogP contribution is 2.44. The number of carbonyl (C=O) groups excluding carboxylic acids is 2. The monoisotopic (exact) mass is 470 g/mol. The van der Waals surface area contributed by atoms with Gasteiger partial charge < -0.3 is 30.0 Å². The first-order chi connectivity index (χ1) is 16.5. The Hall–Kier alpha value is -3.43. The summed E-state index contributed by atoms with van der Waals surface area (Å²) in [7, 11) is 1.40. The molecule has 0 bridgehead atoms. The predicted molar refractivity (Wildman–Crippen MR) is 125 cm³/mol. The van der Waals surface area contributed by atoms with Gasteiger partial charge in [-0.3, -0.25) is 9.59 Å². The van der Waals surface area contributed by atoms with Gasteiger partial charge >= 0.3 is 12.1 Å². The number of hydrogen-bond acceptors (Lipinski definition) is 6. The van der Waals surface area contributed by atoms with Gasteiger partial charge in [0.1, 0.15) is 6.61 Å². The number of methoxy groups -OCH3 is 1. The van der Waals surface area contributed by atoms with Crippen LogP contribution in [0.4, 0.5) is 4.79 Å². The molecule has 0 heterocycles. The van der Waals surface area contributed by atoms with Crippen molar-refractivity contribution < 1.29 is 33.7 Å². The molecule has 9 heteroatoms. The van der Waals surface area contributed by atoms with Crippen LogP contribution < -0.4 is 10.6 Å². The Labute approximate surface area is 198 Å². The lowest BCUT2D eigenvalue weighted by Crippen LogP contribution is -2.35. The van der Waals surface area contributed by atoms with Crippen molar-refractivity contribution in [2.75, 3.05) is 40.0 Å². The summed E-state index contributed by atoms with van der Waals surface area (Å²) in [5.41, 5.74) is 4.64. The van der Waals surface area contributed by atoms with Crippen LogP contribution in [-0.2, 0) is 23.8 Å². The van der Waals surface area contributed by atoms with E-state index in [0.717, 1.165) is 11.1 Å². The number of amides is 2. The molecule has 1 unspecified atom stereocenters. The van der Waals surface area contributed by atoms with Gasteiger partial charge in [0.25, 0.3) is 0 Å². The molecule has 9 nitrogen and oxygen atoms in total. The van der Waals surface area contributed by atoms with Crippen molar-refractivity contribution in [3.63, 3.8) is 0 Å². The van der Waals surface area contributed by atoms with Gasteiger partial charge in [0.15, 0.2) is 0 Å². The minimum absolute atomic E-state index is 0.00103. The number of fused-ring (bicyclic) bond motifs is 3. The highest BCUT2D eigenvalue weighted by molar-refractivity contribution is 5.79. The molecule has 2 aromatic rings. The molecule has 0 fully saturated rings. The molecule has 2 amide bonds. The number of carbonyl (C=O) groups is 3. The average molecular weight is 471 g/mol. The highest BCUT2D eigenvalue weighted by atomic mass is 16.5. The number of rotatable bonds is 13. The van der Waals surface area contributed by atoms with Crippen molar-refractivity contribution in [3.05, 3.63) is 59.7 Å². The maximum atomic E-state index is 12.1. The van der Waals surface area contributed by atoms with Gasteiger partial charge in [0.2, 0.25) is 5.91 Å². The van der Waals surface area contributed by atoms with E-state index in [-0.39, 0.29) is 57.6 Å². The van der Waals surface area contributed by atoms with Gasteiger partial charge in [-0.1, -0.05) is 48.5 Å². The molecule has 0 aliphatic heterocycles. The van der Waals surface area contributed by atoms with E-state index in [1.807, 2.05) is 24.3 Å². The third kappa shape index (κ3) is 7.03. The van der Waals surface area contributed by atoms with Crippen LogP contribution >= 0.6 is 0 Å². The van der Waals surface area contributed by atoms with Crippen molar-refractivity contribution in [2.24, 2.45) is 0 Å². The van der Waals surface area contributed by atoms with E-state index in [1.54, 1.807) is 0 Å². The van der Waals surface area contributed by atoms with E-state index in [0.29, 0.717) is 0 Å². The summed E-state index contributed by atoms with van der Waals surface area (Å²) >= 11 is 0. The summed E-state index contributed by atoms with van der Waals surface area (Å²) in [6, 6.07) is 16.3. The number of benzene rings is 2. The minimum atomic E-state index is -0.992. The summed E-state index contributed by atoms with van der Waals surface area (Å²) in [4.78, 5) is 34.6. The van der Waals surface area contributed by atoms with Gasteiger partial charge in [-0.15, -0.1) is 0 Å². The SMILES string of the molecule is COC(CNC(=O)CCOCCNC(=O)OCC1c2ccccc2-c2ccccc21)CC(=O)O. The van der Waals surface area contributed by atoms with Crippen molar-refractivity contribution in [1.29, 1.82) is 0 Å². The molecule has 1 aliphatic carbocycles. The number of alkyl carbamates (subject to hydrolysis) is 1. The van der Waals surface area contributed by atoms with E-state index < -0.39 is 18.2 Å². The zero-order chi connectivity index (χ0) is 24.3. The maximum Gasteiger partial charge on any atom is 0.407 e. The molecule has 3 rings (SSSR count). The first kappa shape index (κ1) is 25.2. The molecule has 0 aromatic heterocycles. The van der Waals surface area contributed by atoms with Crippen LogP contribution in [0, 0.1) is 0 Å². The first-order valence-corrected chi connectivity index (χ1v) is 11.2. The second-order valence-electron chi connectivity index (χ2n) is 7.87. The number of ether oxygens (including phenoxy) is 3. The molecule has 0 saturated heterocycles. The quantitative estimate of drug-likeness (QED) is 0.385. The van der Waals surface area contributed by atoms with E-state index in [1.165, 1.54) is 18.2 Å². The Kier molecular flexibility index (Phi) is 9.42. The van der Waals surface area contributed by atoms with Crippen LogP contribution in [0.25, 0.3) is 11.1 Å². The molecule has 1 atom stereocenters. The number of aliphatic carboxylic acids is 1. The summed E-state index contributed by atoms with van der Waals surface area (Å²) in [6.45, 7) is 1.02. The fourth-order valence-corrected chi connectivity index (χ4v) is 3.89. The maximum absolute atomic E-state index is 12.1. The Bertz CT molecular complexity index is 949. The minimum Gasteiger partial charge on any atom is -0.481 e. The third-order valence-electron chi connectivity index (χ3n) is 5.60. The smallest absolute Gasteiger partial charge is 0.407 e. The van der Waals surface area contributed by atoms with E-state index in [9.17, 15) is 14.4 Å². The molecule has 182 valence electrons. The molecule has 0 saturated carbocycles. The Morgan fingerprint density at radius 3 is 2.24 bits per heavy atom. The zero-order valence-electron chi connectivity index (χ0n) is 19.1. The predicted octanol–water partition coefficient (Wildman–Crippen LogP) is 2.54. The summed E-state index contributed by atoms with van der Waals surface area (Å²) in [5, 5.41) is 14.0. The van der Waals surface area contributed by atoms with Crippen LogP contribution in [0.5, 0.6) is 0 Å².